The number of nitrogens with zero attached hydrogens (tertiary/aromatic N) is 2. The first-order chi connectivity index (χ1) is 12.1. The van der Waals surface area contributed by atoms with Gasteiger partial charge in [-0.3, -0.25) is 14.2 Å². The van der Waals surface area contributed by atoms with E-state index in [4.69, 9.17) is 4.74 Å². The number of esters is 1. The van der Waals surface area contributed by atoms with Gasteiger partial charge in [0.1, 0.15) is 6.54 Å². The van der Waals surface area contributed by atoms with E-state index in [-0.39, 0.29) is 12.1 Å². The third kappa shape index (κ3) is 3.91. The number of aromatic nitrogens is 2. The maximum absolute atomic E-state index is 12.8. The lowest BCUT2D eigenvalue weighted by Gasteiger charge is -2.12. The van der Waals surface area contributed by atoms with Crippen LogP contribution in [0.1, 0.15) is 11.1 Å². The molecule has 0 unspecified atom stereocenters. The minimum atomic E-state index is -0.476. The lowest BCUT2D eigenvalue weighted by atomic mass is 10.2. The molecular formula is C19H18N2O3S. The fourth-order valence-electron chi connectivity index (χ4n) is 2.42. The molecular weight excluding hydrogens is 336 g/mol. The Bertz CT molecular complexity index is 965. The smallest absolute Gasteiger partial charge is 0.325 e. The maximum atomic E-state index is 12.8. The lowest BCUT2D eigenvalue weighted by Crippen LogP contribution is -2.27. The summed E-state index contributed by atoms with van der Waals surface area (Å²) in [5.74, 6) is 0.183. The highest BCUT2D eigenvalue weighted by Gasteiger charge is 2.14. The summed E-state index contributed by atoms with van der Waals surface area (Å²) in [4.78, 5) is 29.0. The van der Waals surface area contributed by atoms with Gasteiger partial charge in [-0.1, -0.05) is 53.7 Å². The zero-order chi connectivity index (χ0) is 17.8. The van der Waals surface area contributed by atoms with E-state index < -0.39 is 5.97 Å². The molecule has 25 heavy (non-hydrogen) atoms. The van der Waals surface area contributed by atoms with Crippen LogP contribution in [-0.2, 0) is 21.8 Å². The number of para-hydroxylation sites is 1. The van der Waals surface area contributed by atoms with Crippen LogP contribution in [0.15, 0.2) is 58.5 Å². The molecule has 0 amide bonds. The summed E-state index contributed by atoms with van der Waals surface area (Å²) in [6.45, 7) is 1.89. The fraction of sp³-hybridized carbons (Fsp3) is 0.211. The fourth-order valence-corrected chi connectivity index (χ4v) is 3.38. The highest BCUT2D eigenvalue weighted by Crippen LogP contribution is 2.22. The van der Waals surface area contributed by atoms with Gasteiger partial charge in [0.15, 0.2) is 5.16 Å². The van der Waals surface area contributed by atoms with Crippen molar-refractivity contribution >= 4 is 28.6 Å². The summed E-state index contributed by atoms with van der Waals surface area (Å²) >= 11 is 1.43. The molecule has 0 fully saturated rings. The van der Waals surface area contributed by atoms with Crippen LogP contribution in [0.4, 0.5) is 0 Å². The van der Waals surface area contributed by atoms with Crippen molar-refractivity contribution in [3.05, 3.63) is 70.0 Å². The molecule has 0 saturated heterocycles. The van der Waals surface area contributed by atoms with Gasteiger partial charge in [-0.25, -0.2) is 4.98 Å². The SMILES string of the molecule is COC(=O)Cn1c(SCc2ccc(C)cc2)nc2ccccc2c1=O. The Balaban J connectivity index is 1.99. The number of carbonyl (C=O) groups excluding carboxylic acids is 1. The number of ether oxygens (including phenoxy) is 1. The van der Waals surface area contributed by atoms with E-state index in [1.165, 1.54) is 29.0 Å². The van der Waals surface area contributed by atoms with Gasteiger partial charge in [0, 0.05) is 5.75 Å². The van der Waals surface area contributed by atoms with E-state index in [9.17, 15) is 9.59 Å². The second-order valence-corrected chi connectivity index (χ2v) is 6.60. The molecule has 0 N–H and O–H groups in total. The molecule has 0 aliphatic carbocycles. The van der Waals surface area contributed by atoms with Crippen LogP contribution in [0.25, 0.3) is 10.9 Å². The van der Waals surface area contributed by atoms with Crippen LogP contribution >= 0.6 is 11.8 Å². The van der Waals surface area contributed by atoms with Crippen molar-refractivity contribution in [2.75, 3.05) is 7.11 Å². The van der Waals surface area contributed by atoms with Gasteiger partial charge in [-0.15, -0.1) is 0 Å². The van der Waals surface area contributed by atoms with Gasteiger partial charge in [-0.2, -0.15) is 0 Å². The van der Waals surface area contributed by atoms with Gasteiger partial charge < -0.3 is 4.74 Å². The molecule has 1 aromatic heterocycles. The molecule has 0 spiro atoms. The molecule has 3 rings (SSSR count). The summed E-state index contributed by atoms with van der Waals surface area (Å²) in [5, 5.41) is 1.00. The summed E-state index contributed by atoms with van der Waals surface area (Å²) in [6.07, 6.45) is 0. The van der Waals surface area contributed by atoms with Crippen molar-refractivity contribution in [2.24, 2.45) is 0 Å². The third-order valence-electron chi connectivity index (χ3n) is 3.83. The standard InChI is InChI=1S/C19H18N2O3S/c1-13-7-9-14(10-8-13)12-25-19-20-16-6-4-3-5-15(16)18(23)21(19)11-17(22)24-2/h3-10H,11-12H2,1-2H3. The molecule has 0 aliphatic heterocycles. The second-order valence-electron chi connectivity index (χ2n) is 5.65. The average Bonchev–Trinajstić information content (AvgIpc) is 2.63. The Labute approximate surface area is 149 Å². The van der Waals surface area contributed by atoms with Crippen LogP contribution in [0, 0.1) is 6.92 Å². The number of hydrogen-bond donors (Lipinski definition) is 0. The highest BCUT2D eigenvalue weighted by molar-refractivity contribution is 7.98. The highest BCUT2D eigenvalue weighted by atomic mass is 32.2. The van der Waals surface area contributed by atoms with E-state index in [1.807, 2.05) is 37.3 Å². The summed E-state index contributed by atoms with van der Waals surface area (Å²) < 4.78 is 6.10. The molecule has 128 valence electrons. The van der Waals surface area contributed by atoms with E-state index >= 15 is 0 Å². The molecule has 0 radical (unpaired) electrons. The minimum absolute atomic E-state index is 0.149. The minimum Gasteiger partial charge on any atom is -0.468 e. The Morgan fingerprint density at radius 2 is 1.88 bits per heavy atom. The van der Waals surface area contributed by atoms with E-state index in [1.54, 1.807) is 18.2 Å². The quantitative estimate of drug-likeness (QED) is 0.400. The molecule has 0 aliphatic rings. The lowest BCUT2D eigenvalue weighted by molar-refractivity contribution is -0.141. The van der Waals surface area contributed by atoms with E-state index in [0.29, 0.717) is 21.8 Å². The molecule has 0 bridgehead atoms. The molecule has 5 nitrogen and oxygen atoms in total. The van der Waals surface area contributed by atoms with Crippen molar-refractivity contribution < 1.29 is 9.53 Å². The number of hydrogen-bond acceptors (Lipinski definition) is 5. The van der Waals surface area contributed by atoms with Crippen molar-refractivity contribution in [3.8, 4) is 0 Å². The van der Waals surface area contributed by atoms with Crippen LogP contribution in [0.3, 0.4) is 0 Å². The first-order valence-electron chi connectivity index (χ1n) is 7.83. The van der Waals surface area contributed by atoms with Crippen molar-refractivity contribution in [1.82, 2.24) is 9.55 Å². The molecule has 6 heteroatoms. The van der Waals surface area contributed by atoms with Crippen molar-refractivity contribution in [2.45, 2.75) is 24.4 Å². The van der Waals surface area contributed by atoms with Gasteiger partial charge in [0.05, 0.1) is 18.0 Å². The number of fused-ring (bicyclic) bond motifs is 1. The summed E-state index contributed by atoms with van der Waals surface area (Å²) in [5.41, 5.74) is 2.71. The van der Waals surface area contributed by atoms with E-state index in [0.717, 1.165) is 5.56 Å². The van der Waals surface area contributed by atoms with Gasteiger partial charge in [-0.05, 0) is 24.6 Å². The first-order valence-corrected chi connectivity index (χ1v) is 8.82. The number of benzene rings is 2. The van der Waals surface area contributed by atoms with Gasteiger partial charge >= 0.3 is 5.97 Å². The number of aryl methyl sites for hydroxylation is 1. The Morgan fingerprint density at radius 1 is 1.16 bits per heavy atom. The molecule has 3 aromatic rings. The zero-order valence-corrected chi connectivity index (χ0v) is 14.9. The number of rotatable bonds is 5. The van der Waals surface area contributed by atoms with Gasteiger partial charge in [0.2, 0.25) is 0 Å². The van der Waals surface area contributed by atoms with E-state index in [2.05, 4.69) is 4.98 Å². The molecule has 2 aromatic carbocycles. The predicted molar refractivity (Wildman–Crippen MR) is 98.8 cm³/mol. The van der Waals surface area contributed by atoms with Crippen LogP contribution in [0.2, 0.25) is 0 Å². The summed E-state index contributed by atoms with van der Waals surface area (Å²) in [6, 6.07) is 15.3. The first kappa shape index (κ1) is 17.2. The Kier molecular flexibility index (Phi) is 5.19. The largest absolute Gasteiger partial charge is 0.468 e. The normalized spacial score (nSPS) is 10.8. The van der Waals surface area contributed by atoms with Crippen molar-refractivity contribution in [1.29, 1.82) is 0 Å². The number of methoxy groups -OCH3 is 1. The number of carbonyl (C=O) groups is 1. The van der Waals surface area contributed by atoms with Crippen LogP contribution in [-0.4, -0.2) is 22.6 Å². The monoisotopic (exact) mass is 354 g/mol. The molecule has 0 saturated carbocycles. The second kappa shape index (κ2) is 7.53. The van der Waals surface area contributed by atoms with Crippen molar-refractivity contribution in [3.63, 3.8) is 0 Å². The topological polar surface area (TPSA) is 61.2 Å². The van der Waals surface area contributed by atoms with Gasteiger partial charge in [0.25, 0.3) is 5.56 Å². The van der Waals surface area contributed by atoms with Crippen LogP contribution < -0.4 is 5.56 Å². The zero-order valence-electron chi connectivity index (χ0n) is 14.1. The maximum Gasteiger partial charge on any atom is 0.325 e. The molecule has 1 heterocycles. The predicted octanol–water partition coefficient (Wildman–Crippen LogP) is 3.17. The Morgan fingerprint density at radius 3 is 2.60 bits per heavy atom. The third-order valence-corrected chi connectivity index (χ3v) is 4.88. The summed E-state index contributed by atoms with van der Waals surface area (Å²) in [7, 11) is 1.31. The Hall–Kier alpha value is -2.60. The molecule has 0 atom stereocenters. The average molecular weight is 354 g/mol. The number of thioether (sulfide) groups is 1. The van der Waals surface area contributed by atoms with Crippen LogP contribution in [0.5, 0.6) is 0 Å².